The van der Waals surface area contributed by atoms with Crippen molar-refractivity contribution in [2.75, 3.05) is 10.2 Å². The molecular weight excluding hydrogens is 421 g/mol. The fourth-order valence-corrected chi connectivity index (χ4v) is 4.28. The molecule has 3 aromatic rings. The van der Waals surface area contributed by atoms with E-state index in [4.69, 9.17) is 0 Å². The highest BCUT2D eigenvalue weighted by Crippen LogP contribution is 2.42. The van der Waals surface area contributed by atoms with E-state index in [9.17, 15) is 18.0 Å². The van der Waals surface area contributed by atoms with Crippen LogP contribution in [0.1, 0.15) is 31.9 Å². The molecule has 1 N–H and O–H groups in total. The van der Waals surface area contributed by atoms with Crippen LogP contribution in [0.5, 0.6) is 5.75 Å². The molecule has 0 aliphatic carbocycles. The monoisotopic (exact) mass is 444 g/mol. The van der Waals surface area contributed by atoms with Crippen LogP contribution < -0.4 is 15.0 Å². The Kier molecular flexibility index (Phi) is 5.58. The number of alkyl halides is 3. The summed E-state index contributed by atoms with van der Waals surface area (Å²) < 4.78 is 44.6. The maximum Gasteiger partial charge on any atom is 0.573 e. The molecule has 1 aliphatic rings. The summed E-state index contributed by atoms with van der Waals surface area (Å²) in [5.41, 5.74) is 3.57. The molecule has 1 amide bonds. The fraction of sp³-hybridized carbons (Fsp3) is 0.304. The number of aromatic nitrogens is 2. The number of carbonyl (C=O) groups is 1. The molecule has 9 heteroatoms. The fourth-order valence-electron chi connectivity index (χ4n) is 4.28. The zero-order valence-electron chi connectivity index (χ0n) is 17.8. The van der Waals surface area contributed by atoms with Gasteiger partial charge in [0.25, 0.3) is 0 Å². The van der Waals surface area contributed by atoms with E-state index in [1.165, 1.54) is 19.1 Å². The van der Waals surface area contributed by atoms with Gasteiger partial charge in [-0.3, -0.25) is 9.48 Å². The lowest BCUT2D eigenvalue weighted by atomic mass is 9.89. The molecule has 0 fully saturated rings. The largest absolute Gasteiger partial charge is 0.573 e. The number of nitrogens with zero attached hydrogens (tertiary/aromatic N) is 3. The van der Waals surface area contributed by atoms with Crippen molar-refractivity contribution < 1.29 is 22.7 Å². The Morgan fingerprint density at radius 3 is 2.59 bits per heavy atom. The molecule has 0 saturated carbocycles. The summed E-state index contributed by atoms with van der Waals surface area (Å²) in [6, 6.07) is 13.1. The number of para-hydroxylation sites is 2. The van der Waals surface area contributed by atoms with Gasteiger partial charge in [0.2, 0.25) is 5.91 Å². The highest BCUT2D eigenvalue weighted by Gasteiger charge is 2.35. The van der Waals surface area contributed by atoms with Crippen molar-refractivity contribution in [1.29, 1.82) is 0 Å². The molecule has 0 bridgehead atoms. The first kappa shape index (κ1) is 21.7. The van der Waals surface area contributed by atoms with Crippen LogP contribution in [0.3, 0.4) is 0 Å². The van der Waals surface area contributed by atoms with Crippen molar-refractivity contribution in [3.05, 3.63) is 60.3 Å². The molecule has 6 nitrogen and oxygen atoms in total. The molecule has 2 aromatic carbocycles. The molecule has 0 radical (unpaired) electrons. The quantitative estimate of drug-likeness (QED) is 0.595. The number of hydrogen-bond acceptors (Lipinski definition) is 4. The van der Waals surface area contributed by atoms with Crippen LogP contribution in [-0.2, 0) is 11.8 Å². The Balaban J connectivity index is 1.77. The molecule has 2 atom stereocenters. The van der Waals surface area contributed by atoms with Gasteiger partial charge >= 0.3 is 6.36 Å². The number of amides is 1. The van der Waals surface area contributed by atoms with E-state index in [0.717, 1.165) is 22.5 Å². The first-order valence-electron chi connectivity index (χ1n) is 10.2. The first-order valence-corrected chi connectivity index (χ1v) is 10.2. The minimum atomic E-state index is -4.80. The van der Waals surface area contributed by atoms with Gasteiger partial charge in [-0.05, 0) is 49.2 Å². The van der Waals surface area contributed by atoms with Gasteiger partial charge in [0.05, 0.1) is 17.4 Å². The summed E-state index contributed by atoms with van der Waals surface area (Å²) >= 11 is 0. The number of hydrogen-bond donors (Lipinski definition) is 1. The van der Waals surface area contributed by atoms with E-state index >= 15 is 0 Å². The Labute approximate surface area is 183 Å². The number of nitrogens with one attached hydrogen (secondary N) is 1. The first-order chi connectivity index (χ1) is 15.1. The number of benzene rings is 2. The highest BCUT2D eigenvalue weighted by atomic mass is 19.4. The van der Waals surface area contributed by atoms with E-state index in [1.807, 2.05) is 38.2 Å². The van der Waals surface area contributed by atoms with Crippen LogP contribution in [0.25, 0.3) is 11.3 Å². The molecule has 0 spiro atoms. The third kappa shape index (κ3) is 4.28. The van der Waals surface area contributed by atoms with Crippen molar-refractivity contribution in [3.63, 3.8) is 0 Å². The van der Waals surface area contributed by atoms with Gasteiger partial charge in [0.1, 0.15) is 0 Å². The third-order valence-electron chi connectivity index (χ3n) is 5.58. The Hall–Kier alpha value is -3.49. The van der Waals surface area contributed by atoms with E-state index in [-0.39, 0.29) is 29.4 Å². The van der Waals surface area contributed by atoms with Gasteiger partial charge in [-0.1, -0.05) is 18.2 Å². The standard InChI is InChI=1S/C23H23F3N4O2/c1-14-12-19(28-18-6-4-5-7-22(18)32-23(24,25)26)17-13-16(20-10-11-27-29(20)3)8-9-21(17)30(14)15(2)31/h4-11,13-14,19,28H,12H2,1-3H3/t14-,19+/m0/s1. The van der Waals surface area contributed by atoms with Crippen LogP contribution in [0, 0.1) is 0 Å². The topological polar surface area (TPSA) is 59.4 Å². The third-order valence-corrected chi connectivity index (χ3v) is 5.58. The zero-order chi connectivity index (χ0) is 23.0. The lowest BCUT2D eigenvalue weighted by Gasteiger charge is -2.40. The second kappa shape index (κ2) is 8.22. The normalized spacial score (nSPS) is 18.2. The van der Waals surface area contributed by atoms with E-state index in [0.29, 0.717) is 6.42 Å². The van der Waals surface area contributed by atoms with Gasteiger partial charge in [-0.2, -0.15) is 5.10 Å². The number of rotatable bonds is 4. The lowest BCUT2D eigenvalue weighted by molar-refractivity contribution is -0.274. The number of ether oxygens (including phenoxy) is 1. The molecular formula is C23H23F3N4O2. The summed E-state index contributed by atoms with van der Waals surface area (Å²) in [5.74, 6) is -0.391. The van der Waals surface area contributed by atoms with Crippen molar-refractivity contribution >= 4 is 17.3 Å². The highest BCUT2D eigenvalue weighted by molar-refractivity contribution is 5.94. The molecule has 4 rings (SSSR count). The second-order valence-corrected chi connectivity index (χ2v) is 7.83. The zero-order valence-corrected chi connectivity index (χ0v) is 17.8. The predicted molar refractivity (Wildman–Crippen MR) is 115 cm³/mol. The van der Waals surface area contributed by atoms with Gasteiger partial charge in [0, 0.05) is 37.5 Å². The second-order valence-electron chi connectivity index (χ2n) is 7.83. The Morgan fingerprint density at radius 1 is 1.19 bits per heavy atom. The van der Waals surface area contributed by atoms with E-state index in [2.05, 4.69) is 15.2 Å². The number of carbonyl (C=O) groups excluding carboxylic acids is 1. The van der Waals surface area contributed by atoms with Crippen LogP contribution >= 0.6 is 0 Å². The summed E-state index contributed by atoms with van der Waals surface area (Å²) in [5, 5.41) is 7.43. The molecule has 168 valence electrons. The molecule has 0 saturated heterocycles. The van der Waals surface area contributed by atoms with E-state index in [1.54, 1.807) is 27.9 Å². The van der Waals surface area contributed by atoms with Crippen LogP contribution in [-0.4, -0.2) is 28.1 Å². The SMILES string of the molecule is CC(=O)N1c2ccc(-c3ccnn3C)cc2[C@H](Nc2ccccc2OC(F)(F)F)C[C@@H]1C. The molecule has 32 heavy (non-hydrogen) atoms. The smallest absolute Gasteiger partial charge is 0.404 e. The minimum Gasteiger partial charge on any atom is -0.404 e. The van der Waals surface area contributed by atoms with Crippen molar-refractivity contribution in [2.45, 2.75) is 38.7 Å². The maximum atomic E-state index is 12.9. The molecule has 1 aromatic heterocycles. The summed E-state index contributed by atoms with van der Waals surface area (Å²) in [6.45, 7) is 3.43. The molecule has 0 unspecified atom stereocenters. The maximum absolute atomic E-state index is 12.9. The average molecular weight is 444 g/mol. The summed E-state index contributed by atoms with van der Waals surface area (Å²) in [7, 11) is 1.83. The van der Waals surface area contributed by atoms with Crippen LogP contribution in [0.15, 0.2) is 54.7 Å². The summed E-state index contributed by atoms with van der Waals surface area (Å²) in [6.07, 6.45) is -2.59. The van der Waals surface area contributed by atoms with Crippen molar-refractivity contribution in [1.82, 2.24) is 9.78 Å². The number of anilines is 2. The van der Waals surface area contributed by atoms with Crippen LogP contribution in [0.2, 0.25) is 0 Å². The molecule has 1 aliphatic heterocycles. The van der Waals surface area contributed by atoms with Crippen LogP contribution in [0.4, 0.5) is 24.5 Å². The lowest BCUT2D eigenvalue weighted by Crippen LogP contribution is -2.43. The summed E-state index contributed by atoms with van der Waals surface area (Å²) in [4.78, 5) is 14.1. The molecule has 2 heterocycles. The number of halogens is 3. The van der Waals surface area contributed by atoms with E-state index < -0.39 is 6.36 Å². The van der Waals surface area contributed by atoms with Gasteiger partial charge in [-0.25, -0.2) is 0 Å². The Morgan fingerprint density at radius 2 is 1.94 bits per heavy atom. The minimum absolute atomic E-state index is 0.0914. The predicted octanol–water partition coefficient (Wildman–Crippen LogP) is 5.28. The average Bonchev–Trinajstić information content (AvgIpc) is 3.13. The van der Waals surface area contributed by atoms with Gasteiger partial charge in [-0.15, -0.1) is 13.2 Å². The van der Waals surface area contributed by atoms with Crippen molar-refractivity contribution in [2.24, 2.45) is 7.05 Å². The number of fused-ring (bicyclic) bond motifs is 1. The van der Waals surface area contributed by atoms with Crippen molar-refractivity contribution in [3.8, 4) is 17.0 Å². The Bertz CT molecular complexity index is 1140. The van der Waals surface area contributed by atoms with Gasteiger partial charge < -0.3 is 15.0 Å². The number of aryl methyl sites for hydroxylation is 1. The van der Waals surface area contributed by atoms with Gasteiger partial charge in [0.15, 0.2) is 5.75 Å².